The molecule has 3 N–H and O–H groups in total. The van der Waals surface area contributed by atoms with Gasteiger partial charge in [-0.15, -0.1) is 0 Å². The predicted octanol–water partition coefficient (Wildman–Crippen LogP) is 11.0. The Morgan fingerprint density at radius 1 is 0.422 bits per heavy atom. The van der Waals surface area contributed by atoms with Gasteiger partial charge in [0.15, 0.2) is 0 Å². The molecular formula is C39H80N4O2. The predicted molar refractivity (Wildman–Crippen MR) is 197 cm³/mol. The van der Waals surface area contributed by atoms with Crippen molar-refractivity contribution in [1.82, 2.24) is 20.9 Å². The first-order valence-electron chi connectivity index (χ1n) is 20.2. The number of carbonyl (C=O) groups is 2. The van der Waals surface area contributed by atoms with Gasteiger partial charge in [0.2, 0.25) is 5.91 Å². The van der Waals surface area contributed by atoms with Gasteiger partial charge in [0.1, 0.15) is 0 Å². The van der Waals surface area contributed by atoms with E-state index in [0.29, 0.717) is 6.67 Å². The lowest BCUT2D eigenvalue weighted by Gasteiger charge is -2.23. The van der Waals surface area contributed by atoms with Crippen LogP contribution in [0.3, 0.4) is 0 Å². The van der Waals surface area contributed by atoms with Crippen LogP contribution in [-0.2, 0) is 4.79 Å². The second-order valence-electron chi connectivity index (χ2n) is 13.6. The van der Waals surface area contributed by atoms with E-state index in [1.807, 2.05) is 4.90 Å². The van der Waals surface area contributed by atoms with E-state index in [0.717, 1.165) is 38.9 Å². The molecule has 0 aliphatic heterocycles. The van der Waals surface area contributed by atoms with Crippen molar-refractivity contribution in [2.75, 3.05) is 32.8 Å². The minimum absolute atomic E-state index is 0.0557. The Labute approximate surface area is 281 Å². The fourth-order valence-corrected chi connectivity index (χ4v) is 6.06. The van der Waals surface area contributed by atoms with E-state index >= 15 is 0 Å². The minimum Gasteiger partial charge on any atom is -0.341 e. The average molecular weight is 637 g/mol. The Kier molecular flexibility index (Phi) is 36.1. The summed E-state index contributed by atoms with van der Waals surface area (Å²) < 4.78 is 0. The van der Waals surface area contributed by atoms with Crippen molar-refractivity contribution >= 4 is 11.9 Å². The number of hydrogen-bond donors (Lipinski definition) is 3. The smallest absolute Gasteiger partial charge is 0.316 e. The Balaban J connectivity index is 4.20. The van der Waals surface area contributed by atoms with E-state index in [1.54, 1.807) is 0 Å². The molecule has 0 radical (unpaired) electrons. The van der Waals surface area contributed by atoms with Gasteiger partial charge in [0, 0.05) is 13.1 Å². The van der Waals surface area contributed by atoms with Crippen LogP contribution in [0.1, 0.15) is 207 Å². The molecule has 0 unspecified atom stereocenters. The Morgan fingerprint density at radius 3 is 1.13 bits per heavy atom. The molecule has 6 heteroatoms. The van der Waals surface area contributed by atoms with Crippen molar-refractivity contribution in [3.63, 3.8) is 0 Å². The second kappa shape index (κ2) is 37.2. The molecule has 268 valence electrons. The zero-order valence-electron chi connectivity index (χ0n) is 30.8. The van der Waals surface area contributed by atoms with Crippen molar-refractivity contribution in [1.29, 1.82) is 0 Å². The zero-order valence-corrected chi connectivity index (χ0v) is 30.8. The zero-order chi connectivity index (χ0) is 32.9. The van der Waals surface area contributed by atoms with Gasteiger partial charge in [-0.25, -0.2) is 4.79 Å². The van der Waals surface area contributed by atoms with Crippen LogP contribution in [0.2, 0.25) is 0 Å². The van der Waals surface area contributed by atoms with Gasteiger partial charge in [-0.3, -0.25) is 10.1 Å². The maximum absolute atomic E-state index is 13.1. The first kappa shape index (κ1) is 43.7. The first-order valence-corrected chi connectivity index (χ1v) is 20.2. The highest BCUT2D eigenvalue weighted by Gasteiger charge is 2.14. The van der Waals surface area contributed by atoms with Crippen LogP contribution in [0.5, 0.6) is 0 Å². The molecule has 0 atom stereocenters. The topological polar surface area (TPSA) is 73.5 Å². The van der Waals surface area contributed by atoms with Crippen molar-refractivity contribution in [2.24, 2.45) is 0 Å². The molecule has 3 amide bonds. The Bertz CT molecular complexity index is 588. The highest BCUT2D eigenvalue weighted by molar-refractivity contribution is 5.83. The van der Waals surface area contributed by atoms with Crippen LogP contribution in [-0.4, -0.2) is 49.7 Å². The maximum Gasteiger partial charge on any atom is 0.316 e. The highest BCUT2D eigenvalue weighted by atomic mass is 16.2. The molecule has 0 fully saturated rings. The van der Waals surface area contributed by atoms with Gasteiger partial charge < -0.3 is 15.5 Å². The van der Waals surface area contributed by atoms with Gasteiger partial charge in [-0.2, -0.15) is 0 Å². The number of unbranched alkanes of at least 4 members (excludes halogenated alkanes) is 26. The molecule has 0 saturated heterocycles. The second-order valence-corrected chi connectivity index (χ2v) is 13.6. The van der Waals surface area contributed by atoms with E-state index in [-0.39, 0.29) is 18.5 Å². The van der Waals surface area contributed by atoms with Crippen molar-refractivity contribution < 1.29 is 9.59 Å². The van der Waals surface area contributed by atoms with Crippen molar-refractivity contribution in [2.45, 2.75) is 207 Å². The Morgan fingerprint density at radius 2 is 0.756 bits per heavy atom. The molecule has 6 nitrogen and oxygen atoms in total. The summed E-state index contributed by atoms with van der Waals surface area (Å²) in [5, 5.41) is 8.89. The molecule has 0 spiro atoms. The van der Waals surface area contributed by atoms with Crippen LogP contribution in [0, 0.1) is 0 Å². The SMILES string of the molecule is CCCCCCCCCCCCCCN(CCCCCCCCCCCCCC)C(=O)CNC(=O)NCNCCCCCCC. The van der Waals surface area contributed by atoms with Crippen LogP contribution >= 0.6 is 0 Å². The number of nitrogens with zero attached hydrogens (tertiary/aromatic N) is 1. The van der Waals surface area contributed by atoms with Crippen LogP contribution < -0.4 is 16.0 Å². The van der Waals surface area contributed by atoms with E-state index in [4.69, 9.17) is 0 Å². The fourth-order valence-electron chi connectivity index (χ4n) is 6.06. The van der Waals surface area contributed by atoms with Crippen molar-refractivity contribution in [3.05, 3.63) is 0 Å². The molecule has 0 aromatic heterocycles. The molecule has 0 rings (SSSR count). The van der Waals surface area contributed by atoms with Crippen LogP contribution in [0.25, 0.3) is 0 Å². The van der Waals surface area contributed by atoms with Gasteiger partial charge >= 0.3 is 6.03 Å². The summed E-state index contributed by atoms with van der Waals surface area (Å²) in [6.45, 7) is 9.85. The summed E-state index contributed by atoms with van der Waals surface area (Å²) in [6.07, 6.45) is 37.9. The molecular weight excluding hydrogens is 556 g/mol. The van der Waals surface area contributed by atoms with E-state index in [9.17, 15) is 9.59 Å². The normalized spacial score (nSPS) is 11.2. The summed E-state index contributed by atoms with van der Waals surface area (Å²) in [7, 11) is 0. The lowest BCUT2D eigenvalue weighted by atomic mass is 10.0. The molecule has 0 bridgehead atoms. The van der Waals surface area contributed by atoms with E-state index < -0.39 is 0 Å². The lowest BCUT2D eigenvalue weighted by molar-refractivity contribution is -0.130. The molecule has 0 aliphatic rings. The minimum atomic E-state index is -0.266. The van der Waals surface area contributed by atoms with Gasteiger partial charge in [-0.1, -0.05) is 188 Å². The van der Waals surface area contributed by atoms with Crippen LogP contribution in [0.4, 0.5) is 4.79 Å². The summed E-state index contributed by atoms with van der Waals surface area (Å²) in [6, 6.07) is -0.266. The third-order valence-corrected chi connectivity index (χ3v) is 9.15. The summed E-state index contributed by atoms with van der Waals surface area (Å²) in [5.74, 6) is 0.0557. The number of urea groups is 1. The largest absolute Gasteiger partial charge is 0.341 e. The van der Waals surface area contributed by atoms with Gasteiger partial charge in [-0.05, 0) is 25.8 Å². The average Bonchev–Trinajstić information content (AvgIpc) is 3.04. The Hall–Kier alpha value is -1.30. The van der Waals surface area contributed by atoms with E-state index in [1.165, 1.54) is 167 Å². The van der Waals surface area contributed by atoms with Crippen LogP contribution in [0.15, 0.2) is 0 Å². The molecule has 0 heterocycles. The molecule has 0 saturated carbocycles. The monoisotopic (exact) mass is 637 g/mol. The number of nitrogens with one attached hydrogen (secondary N) is 3. The number of amides is 3. The molecule has 45 heavy (non-hydrogen) atoms. The number of carbonyl (C=O) groups excluding carboxylic acids is 2. The molecule has 0 aliphatic carbocycles. The van der Waals surface area contributed by atoms with Crippen molar-refractivity contribution in [3.8, 4) is 0 Å². The molecule has 0 aromatic rings. The quantitative estimate of drug-likeness (QED) is 0.0473. The van der Waals surface area contributed by atoms with Gasteiger partial charge in [0.05, 0.1) is 13.2 Å². The highest BCUT2D eigenvalue weighted by Crippen LogP contribution is 2.14. The van der Waals surface area contributed by atoms with E-state index in [2.05, 4.69) is 36.7 Å². The third-order valence-electron chi connectivity index (χ3n) is 9.15. The first-order chi connectivity index (χ1) is 22.2. The summed E-state index contributed by atoms with van der Waals surface area (Å²) in [4.78, 5) is 27.4. The fraction of sp³-hybridized carbons (Fsp3) is 0.949. The number of hydrogen-bond acceptors (Lipinski definition) is 3. The molecule has 0 aromatic carbocycles. The standard InChI is InChI=1S/C39H80N4O2/c1-4-7-10-13-15-17-19-21-23-25-28-31-34-43(35-32-29-26-24-22-20-18-16-14-11-8-5-2)38(44)36-41-39(45)42-37-40-33-30-27-12-9-6-3/h40H,4-37H2,1-3H3,(H2,41,42,45). The summed E-state index contributed by atoms with van der Waals surface area (Å²) in [5.41, 5.74) is 0. The maximum atomic E-state index is 13.1. The third kappa shape index (κ3) is 33.9. The van der Waals surface area contributed by atoms with Gasteiger partial charge in [0.25, 0.3) is 0 Å². The number of rotatable bonds is 36. The lowest BCUT2D eigenvalue weighted by Crippen LogP contribution is -2.46. The summed E-state index contributed by atoms with van der Waals surface area (Å²) >= 11 is 0.